The van der Waals surface area contributed by atoms with Crippen molar-refractivity contribution >= 4 is 11.8 Å². The number of hydrogen-bond acceptors (Lipinski definition) is 4. The molecule has 7 nitrogen and oxygen atoms in total. The predicted molar refractivity (Wildman–Crippen MR) is 112 cm³/mol. The topological polar surface area (TPSA) is 80.1 Å². The first kappa shape index (κ1) is 20.3. The van der Waals surface area contributed by atoms with Crippen LogP contribution in [0.15, 0.2) is 61.1 Å². The maximum atomic E-state index is 13.3. The Balaban J connectivity index is 1.98. The fourth-order valence-corrected chi connectivity index (χ4v) is 3.00. The van der Waals surface area contributed by atoms with Gasteiger partial charge in [0.2, 0.25) is 5.91 Å². The zero-order valence-corrected chi connectivity index (χ0v) is 16.9. The van der Waals surface area contributed by atoms with E-state index >= 15 is 0 Å². The van der Waals surface area contributed by atoms with Gasteiger partial charge in [-0.3, -0.25) is 14.6 Å². The Labute approximate surface area is 170 Å². The largest absolute Gasteiger partial charge is 0.352 e. The third-order valence-corrected chi connectivity index (χ3v) is 4.35. The average molecular weight is 391 g/mol. The molecule has 0 fully saturated rings. The van der Waals surface area contributed by atoms with E-state index in [1.165, 1.54) is 4.90 Å². The first-order valence-corrected chi connectivity index (χ1v) is 9.63. The molecule has 0 unspecified atom stereocenters. The number of rotatable bonds is 7. The van der Waals surface area contributed by atoms with Crippen molar-refractivity contribution in [2.24, 2.45) is 0 Å². The summed E-state index contributed by atoms with van der Waals surface area (Å²) in [6.07, 6.45) is 5.06. The van der Waals surface area contributed by atoms with Crippen molar-refractivity contribution < 1.29 is 9.59 Å². The summed E-state index contributed by atoms with van der Waals surface area (Å²) in [4.78, 5) is 31.2. The van der Waals surface area contributed by atoms with Gasteiger partial charge in [0.05, 0.1) is 17.8 Å². The van der Waals surface area contributed by atoms with Crippen molar-refractivity contribution in [3.05, 3.63) is 66.6 Å². The number of carbonyl (C=O) groups excluding carboxylic acids is 2. The Bertz CT molecular complexity index is 967. The molecule has 3 rings (SSSR count). The summed E-state index contributed by atoms with van der Waals surface area (Å²) in [5.74, 6) is -0.430. The maximum Gasteiger partial charge on any atom is 0.258 e. The second kappa shape index (κ2) is 9.14. The van der Waals surface area contributed by atoms with E-state index in [1.54, 1.807) is 29.3 Å². The summed E-state index contributed by atoms with van der Waals surface area (Å²) in [6, 6.07) is 13.3. The monoisotopic (exact) mass is 391 g/mol. The van der Waals surface area contributed by atoms with Crippen molar-refractivity contribution in [2.75, 3.05) is 13.1 Å². The zero-order chi connectivity index (χ0) is 20.8. The minimum atomic E-state index is -0.243. The van der Waals surface area contributed by atoms with Gasteiger partial charge in [0.1, 0.15) is 5.69 Å². The van der Waals surface area contributed by atoms with Crippen LogP contribution < -0.4 is 5.32 Å². The normalized spacial score (nSPS) is 10.8. The summed E-state index contributed by atoms with van der Waals surface area (Å²) in [6.45, 7) is 6.04. The summed E-state index contributed by atoms with van der Waals surface area (Å²) < 4.78 is 1.68. The maximum absolute atomic E-state index is 13.3. The second-order valence-corrected chi connectivity index (χ2v) is 6.95. The van der Waals surface area contributed by atoms with E-state index < -0.39 is 0 Å². The number of pyridine rings is 1. The summed E-state index contributed by atoms with van der Waals surface area (Å²) in [5.41, 5.74) is 2.56. The van der Waals surface area contributed by atoms with Crippen LogP contribution in [0.25, 0.3) is 16.9 Å². The van der Waals surface area contributed by atoms with Gasteiger partial charge in [0.25, 0.3) is 5.91 Å². The summed E-state index contributed by atoms with van der Waals surface area (Å²) in [5, 5.41) is 7.47. The number of nitrogens with zero attached hydrogens (tertiary/aromatic N) is 4. The van der Waals surface area contributed by atoms with E-state index in [-0.39, 0.29) is 24.4 Å². The Morgan fingerprint density at radius 3 is 2.52 bits per heavy atom. The fourth-order valence-electron chi connectivity index (χ4n) is 3.00. The first-order chi connectivity index (χ1) is 14.0. The zero-order valence-electron chi connectivity index (χ0n) is 16.9. The lowest BCUT2D eigenvalue weighted by atomic mass is 10.1. The molecule has 0 aliphatic heterocycles. The number of carbonyl (C=O) groups is 2. The molecule has 0 spiro atoms. The van der Waals surface area contributed by atoms with Crippen molar-refractivity contribution in [3.63, 3.8) is 0 Å². The van der Waals surface area contributed by atoms with Gasteiger partial charge in [0, 0.05) is 36.7 Å². The molecular formula is C22H25N5O2. The lowest BCUT2D eigenvalue weighted by Gasteiger charge is -2.21. The fraction of sp³-hybridized carbons (Fsp3) is 0.273. The third kappa shape index (κ3) is 4.87. The van der Waals surface area contributed by atoms with Gasteiger partial charge in [-0.25, -0.2) is 4.68 Å². The minimum Gasteiger partial charge on any atom is -0.352 e. The molecule has 1 N–H and O–H groups in total. The van der Waals surface area contributed by atoms with Crippen LogP contribution in [0.4, 0.5) is 0 Å². The molecule has 0 aliphatic rings. The van der Waals surface area contributed by atoms with Gasteiger partial charge in [0.15, 0.2) is 0 Å². The molecule has 0 bridgehead atoms. The molecule has 7 heteroatoms. The molecule has 1 aromatic carbocycles. The Hall–Kier alpha value is -3.48. The molecular weight excluding hydrogens is 366 g/mol. The highest BCUT2D eigenvalue weighted by atomic mass is 16.2. The van der Waals surface area contributed by atoms with Gasteiger partial charge in [-0.15, -0.1) is 0 Å². The number of para-hydroxylation sites is 1. The molecule has 29 heavy (non-hydrogen) atoms. The summed E-state index contributed by atoms with van der Waals surface area (Å²) in [7, 11) is 0. The predicted octanol–water partition coefficient (Wildman–Crippen LogP) is 2.92. The lowest BCUT2D eigenvalue weighted by Crippen LogP contribution is -2.42. The summed E-state index contributed by atoms with van der Waals surface area (Å²) >= 11 is 0. The Morgan fingerprint density at radius 2 is 1.90 bits per heavy atom. The number of aromatic nitrogens is 3. The molecule has 2 amide bonds. The van der Waals surface area contributed by atoms with Crippen LogP contribution in [0.1, 0.15) is 31.1 Å². The molecule has 0 aliphatic carbocycles. The van der Waals surface area contributed by atoms with Gasteiger partial charge in [-0.05, 0) is 45.0 Å². The lowest BCUT2D eigenvalue weighted by molar-refractivity contribution is -0.122. The highest BCUT2D eigenvalue weighted by Gasteiger charge is 2.24. The van der Waals surface area contributed by atoms with E-state index in [1.807, 2.05) is 57.2 Å². The number of hydrogen-bond donors (Lipinski definition) is 1. The standard InChI is InChI=1S/C22H25N5O2/c1-4-26(15-20(28)24-16(2)3)22(29)19-14-27(18-10-6-5-7-11-18)25-21(19)17-9-8-12-23-13-17/h5-14,16H,4,15H2,1-3H3,(H,24,28). The van der Waals surface area contributed by atoms with Crippen LogP contribution in [0, 0.1) is 0 Å². The van der Waals surface area contributed by atoms with Crippen LogP contribution in [-0.2, 0) is 4.79 Å². The highest BCUT2D eigenvalue weighted by Crippen LogP contribution is 2.24. The minimum absolute atomic E-state index is 0.00346. The highest BCUT2D eigenvalue weighted by molar-refractivity contribution is 6.01. The van der Waals surface area contributed by atoms with Gasteiger partial charge >= 0.3 is 0 Å². The SMILES string of the molecule is CCN(CC(=O)NC(C)C)C(=O)c1cn(-c2ccccc2)nc1-c1cccnc1. The van der Waals surface area contributed by atoms with Crippen LogP contribution in [0.5, 0.6) is 0 Å². The van der Waals surface area contributed by atoms with Gasteiger partial charge in [-0.1, -0.05) is 18.2 Å². The molecule has 2 aromatic heterocycles. The second-order valence-electron chi connectivity index (χ2n) is 6.95. The van der Waals surface area contributed by atoms with Gasteiger partial charge in [-0.2, -0.15) is 5.10 Å². The van der Waals surface area contributed by atoms with Crippen molar-refractivity contribution in [1.82, 2.24) is 25.0 Å². The molecule has 3 aromatic rings. The Morgan fingerprint density at radius 1 is 1.14 bits per heavy atom. The van der Waals surface area contributed by atoms with Crippen LogP contribution in [0.3, 0.4) is 0 Å². The number of likely N-dealkylation sites (N-methyl/N-ethyl adjacent to an activating group) is 1. The van der Waals surface area contributed by atoms with E-state index in [2.05, 4.69) is 15.4 Å². The van der Waals surface area contributed by atoms with Crippen molar-refractivity contribution in [2.45, 2.75) is 26.8 Å². The van der Waals surface area contributed by atoms with E-state index in [4.69, 9.17) is 0 Å². The van der Waals surface area contributed by atoms with Gasteiger partial charge < -0.3 is 10.2 Å². The molecule has 0 saturated carbocycles. The Kier molecular flexibility index (Phi) is 6.39. The van der Waals surface area contributed by atoms with Crippen LogP contribution in [0.2, 0.25) is 0 Å². The number of nitrogens with one attached hydrogen (secondary N) is 1. The smallest absolute Gasteiger partial charge is 0.258 e. The number of benzene rings is 1. The van der Waals surface area contributed by atoms with E-state index in [0.717, 1.165) is 11.3 Å². The first-order valence-electron chi connectivity index (χ1n) is 9.63. The van der Waals surface area contributed by atoms with E-state index in [9.17, 15) is 9.59 Å². The average Bonchev–Trinajstić information content (AvgIpc) is 3.18. The van der Waals surface area contributed by atoms with Crippen molar-refractivity contribution in [1.29, 1.82) is 0 Å². The molecule has 0 saturated heterocycles. The number of amides is 2. The van der Waals surface area contributed by atoms with Crippen LogP contribution >= 0.6 is 0 Å². The van der Waals surface area contributed by atoms with Crippen LogP contribution in [-0.4, -0.2) is 50.6 Å². The molecule has 2 heterocycles. The molecule has 0 atom stereocenters. The third-order valence-electron chi connectivity index (χ3n) is 4.35. The quantitative estimate of drug-likeness (QED) is 0.672. The molecule has 0 radical (unpaired) electrons. The molecule has 150 valence electrons. The van der Waals surface area contributed by atoms with E-state index in [0.29, 0.717) is 17.8 Å². The van der Waals surface area contributed by atoms with Crippen molar-refractivity contribution in [3.8, 4) is 16.9 Å².